The average molecular weight is 311 g/mol. The van der Waals surface area contributed by atoms with Crippen LogP contribution in [0.3, 0.4) is 0 Å². The molecule has 0 spiro atoms. The molecular weight excluding hydrogens is 294 g/mol. The first-order valence-electron chi connectivity index (χ1n) is 7.25. The van der Waals surface area contributed by atoms with Gasteiger partial charge in [-0.3, -0.25) is 4.79 Å². The fraction of sp³-hybridized carbons (Fsp3) is 0.235. The van der Waals surface area contributed by atoms with Crippen LogP contribution in [-0.2, 0) is 9.63 Å². The van der Waals surface area contributed by atoms with Gasteiger partial charge in [0, 0.05) is 19.5 Å². The Bertz CT molecular complexity index is 714. The van der Waals surface area contributed by atoms with E-state index in [4.69, 9.17) is 9.57 Å². The zero-order valence-corrected chi connectivity index (χ0v) is 13.0. The van der Waals surface area contributed by atoms with Gasteiger partial charge in [-0.05, 0) is 11.6 Å². The van der Waals surface area contributed by atoms with Gasteiger partial charge in [0.1, 0.15) is 5.71 Å². The lowest BCUT2D eigenvalue weighted by atomic mass is 10.0. The Morgan fingerprint density at radius 1 is 1.26 bits per heavy atom. The smallest absolute Gasteiger partial charge is 0.276 e. The Kier molecular flexibility index (Phi) is 4.23. The monoisotopic (exact) mass is 311 g/mol. The molecule has 0 N–H and O–H groups in total. The summed E-state index contributed by atoms with van der Waals surface area (Å²) in [7, 11) is 3.23. The van der Waals surface area contributed by atoms with Crippen molar-refractivity contribution in [2.75, 3.05) is 19.1 Å². The van der Waals surface area contributed by atoms with Crippen molar-refractivity contribution in [3.05, 3.63) is 54.2 Å². The first-order chi connectivity index (χ1) is 11.2. The molecule has 1 aromatic carbocycles. The molecule has 0 saturated carbocycles. The summed E-state index contributed by atoms with van der Waals surface area (Å²) in [4.78, 5) is 23.5. The summed E-state index contributed by atoms with van der Waals surface area (Å²) in [6, 6.07) is 13.2. The van der Waals surface area contributed by atoms with Crippen LogP contribution in [0, 0.1) is 0 Å². The van der Waals surface area contributed by atoms with Crippen LogP contribution in [0.25, 0.3) is 0 Å². The summed E-state index contributed by atoms with van der Waals surface area (Å²) in [5.41, 5.74) is 2.08. The molecule has 118 valence electrons. The maximum absolute atomic E-state index is 12.5. The normalized spacial score (nSPS) is 16.4. The molecule has 0 fully saturated rings. The highest BCUT2D eigenvalue weighted by Crippen LogP contribution is 2.28. The number of nitrogens with zero attached hydrogens (tertiary/aromatic N) is 3. The second-order valence-corrected chi connectivity index (χ2v) is 5.17. The van der Waals surface area contributed by atoms with Gasteiger partial charge in [-0.15, -0.1) is 0 Å². The number of carbonyl (C=O) groups is 1. The zero-order valence-electron chi connectivity index (χ0n) is 13.0. The third-order valence-electron chi connectivity index (χ3n) is 3.71. The highest BCUT2D eigenvalue weighted by atomic mass is 16.6. The number of hydrogen-bond acceptors (Lipinski definition) is 5. The number of oxime groups is 1. The average Bonchev–Trinajstić information content (AvgIpc) is 3.11. The van der Waals surface area contributed by atoms with E-state index in [9.17, 15) is 4.79 Å². The van der Waals surface area contributed by atoms with Gasteiger partial charge in [-0.2, -0.15) is 0 Å². The number of methoxy groups -OCH3 is 1. The molecule has 1 aliphatic rings. The van der Waals surface area contributed by atoms with E-state index in [-0.39, 0.29) is 12.0 Å². The number of rotatable bonds is 4. The van der Waals surface area contributed by atoms with E-state index < -0.39 is 0 Å². The van der Waals surface area contributed by atoms with Crippen LogP contribution >= 0.6 is 0 Å². The van der Waals surface area contributed by atoms with Gasteiger partial charge < -0.3 is 14.5 Å². The van der Waals surface area contributed by atoms with E-state index in [1.165, 1.54) is 4.90 Å². The van der Waals surface area contributed by atoms with Crippen LogP contribution in [0.1, 0.15) is 18.1 Å². The molecule has 1 amide bonds. The third kappa shape index (κ3) is 3.15. The van der Waals surface area contributed by atoms with Crippen molar-refractivity contribution in [3.8, 4) is 5.88 Å². The van der Waals surface area contributed by atoms with Gasteiger partial charge in [-0.1, -0.05) is 35.5 Å². The minimum atomic E-state index is -0.211. The molecular formula is C17H17N3O3. The largest absolute Gasteiger partial charge is 0.481 e. The first-order valence-corrected chi connectivity index (χ1v) is 7.25. The summed E-state index contributed by atoms with van der Waals surface area (Å²) in [5.74, 6) is 0.302. The lowest BCUT2D eigenvalue weighted by Gasteiger charge is -2.16. The SMILES string of the molecule is COc1ccc(N(C)C(=O)C2=NO[C@H](c3ccccc3)C2)cn1. The van der Waals surface area contributed by atoms with Crippen LogP contribution in [-0.4, -0.2) is 30.8 Å². The van der Waals surface area contributed by atoms with Crippen molar-refractivity contribution in [2.24, 2.45) is 5.16 Å². The number of ether oxygens (including phenoxy) is 1. The topological polar surface area (TPSA) is 64.0 Å². The van der Waals surface area contributed by atoms with E-state index in [0.717, 1.165) is 5.56 Å². The number of carbonyl (C=O) groups excluding carboxylic acids is 1. The molecule has 1 aliphatic heterocycles. The minimum Gasteiger partial charge on any atom is -0.481 e. The summed E-state index contributed by atoms with van der Waals surface area (Å²) in [5, 5.41) is 3.95. The quantitative estimate of drug-likeness (QED) is 0.870. The fourth-order valence-electron chi connectivity index (χ4n) is 2.35. The number of amides is 1. The molecule has 1 aromatic heterocycles. The van der Waals surface area contributed by atoms with Crippen LogP contribution in [0.4, 0.5) is 5.69 Å². The Morgan fingerprint density at radius 2 is 2.04 bits per heavy atom. The maximum atomic E-state index is 12.5. The summed E-state index contributed by atoms with van der Waals surface area (Å²) >= 11 is 0. The van der Waals surface area contributed by atoms with E-state index >= 15 is 0 Å². The van der Waals surface area contributed by atoms with Gasteiger partial charge in [0.2, 0.25) is 5.88 Å². The van der Waals surface area contributed by atoms with Crippen LogP contribution < -0.4 is 9.64 Å². The second kappa shape index (κ2) is 6.48. The third-order valence-corrected chi connectivity index (χ3v) is 3.71. The van der Waals surface area contributed by atoms with Crippen molar-refractivity contribution in [3.63, 3.8) is 0 Å². The lowest BCUT2D eigenvalue weighted by molar-refractivity contribution is -0.112. The number of hydrogen-bond donors (Lipinski definition) is 0. The highest BCUT2D eigenvalue weighted by Gasteiger charge is 2.29. The lowest BCUT2D eigenvalue weighted by Crippen LogP contribution is -2.32. The Labute approximate surface area is 134 Å². The molecule has 0 radical (unpaired) electrons. The molecule has 0 aliphatic carbocycles. The molecule has 3 rings (SSSR count). The molecule has 2 heterocycles. The van der Waals surface area contributed by atoms with Crippen molar-refractivity contribution in [2.45, 2.75) is 12.5 Å². The molecule has 0 bridgehead atoms. The predicted octanol–water partition coefficient (Wildman–Crippen LogP) is 2.57. The molecule has 6 nitrogen and oxygen atoms in total. The minimum absolute atomic E-state index is 0.199. The standard InChI is InChI=1S/C17H17N3O3/c1-20(13-8-9-16(22-2)18-11-13)17(21)14-10-15(23-19-14)12-6-4-3-5-7-12/h3-9,11,15H,10H2,1-2H3/t15-/m0/s1. The van der Waals surface area contributed by atoms with E-state index in [1.54, 1.807) is 32.5 Å². The highest BCUT2D eigenvalue weighted by molar-refractivity contribution is 6.43. The predicted molar refractivity (Wildman–Crippen MR) is 86.5 cm³/mol. The molecule has 0 saturated heterocycles. The van der Waals surface area contributed by atoms with Crippen LogP contribution in [0.5, 0.6) is 5.88 Å². The summed E-state index contributed by atoms with van der Waals surface area (Å²) in [6.45, 7) is 0. The van der Waals surface area contributed by atoms with Gasteiger partial charge in [0.25, 0.3) is 5.91 Å². The Balaban J connectivity index is 1.68. The molecule has 2 aromatic rings. The van der Waals surface area contributed by atoms with Crippen molar-refractivity contribution >= 4 is 17.3 Å². The fourth-order valence-corrected chi connectivity index (χ4v) is 2.35. The van der Waals surface area contributed by atoms with Gasteiger partial charge in [0.05, 0.1) is 19.0 Å². The van der Waals surface area contributed by atoms with Gasteiger partial charge >= 0.3 is 0 Å². The maximum Gasteiger partial charge on any atom is 0.276 e. The molecule has 23 heavy (non-hydrogen) atoms. The Morgan fingerprint density at radius 3 is 2.70 bits per heavy atom. The zero-order chi connectivity index (χ0) is 16.2. The number of benzene rings is 1. The van der Waals surface area contributed by atoms with Crippen LogP contribution in [0.2, 0.25) is 0 Å². The number of pyridine rings is 1. The van der Waals surface area contributed by atoms with E-state index in [0.29, 0.717) is 23.7 Å². The molecule has 0 unspecified atom stereocenters. The van der Waals surface area contributed by atoms with Crippen molar-refractivity contribution < 1.29 is 14.4 Å². The first kappa shape index (κ1) is 15.0. The second-order valence-electron chi connectivity index (χ2n) is 5.17. The van der Waals surface area contributed by atoms with Gasteiger partial charge in [-0.25, -0.2) is 4.98 Å². The van der Waals surface area contributed by atoms with Crippen LogP contribution in [0.15, 0.2) is 53.8 Å². The molecule has 6 heteroatoms. The van der Waals surface area contributed by atoms with Crippen molar-refractivity contribution in [1.82, 2.24) is 4.98 Å². The van der Waals surface area contributed by atoms with E-state index in [1.807, 2.05) is 30.3 Å². The summed E-state index contributed by atoms with van der Waals surface area (Å²) < 4.78 is 5.01. The Hall–Kier alpha value is -2.89. The van der Waals surface area contributed by atoms with E-state index in [2.05, 4.69) is 10.1 Å². The summed E-state index contributed by atoms with van der Waals surface area (Å²) in [6.07, 6.45) is 1.83. The molecule has 1 atom stereocenters. The van der Waals surface area contributed by atoms with Gasteiger partial charge in [0.15, 0.2) is 6.10 Å². The number of anilines is 1. The number of aromatic nitrogens is 1. The van der Waals surface area contributed by atoms with Crippen molar-refractivity contribution in [1.29, 1.82) is 0 Å².